The van der Waals surface area contributed by atoms with Gasteiger partial charge in [0, 0.05) is 23.3 Å². The fourth-order valence-electron chi connectivity index (χ4n) is 2.94. The van der Waals surface area contributed by atoms with Gasteiger partial charge in [0.25, 0.3) is 10.0 Å². The summed E-state index contributed by atoms with van der Waals surface area (Å²) < 4.78 is 27.3. The van der Waals surface area contributed by atoms with E-state index in [2.05, 4.69) is 15.0 Å². The van der Waals surface area contributed by atoms with Crippen LogP contribution in [0.15, 0.2) is 40.7 Å². The molecule has 0 bridgehead atoms. The number of aromatic nitrogens is 1. The number of carbonyl (C=O) groups excluding carboxylic acids is 1. The van der Waals surface area contributed by atoms with Crippen LogP contribution in [0.4, 0.5) is 10.8 Å². The highest BCUT2D eigenvalue weighted by Gasteiger charge is 2.42. The third-order valence-electron chi connectivity index (χ3n) is 4.60. The molecule has 1 fully saturated rings. The molecule has 0 radical (unpaired) electrons. The van der Waals surface area contributed by atoms with Crippen molar-refractivity contribution in [2.75, 3.05) is 10.0 Å². The molecule has 1 aromatic heterocycles. The van der Waals surface area contributed by atoms with E-state index in [0.717, 1.165) is 19.3 Å². The number of anilines is 2. The van der Waals surface area contributed by atoms with Crippen LogP contribution in [-0.4, -0.2) is 25.4 Å². The predicted octanol–water partition coefficient (Wildman–Crippen LogP) is 2.40. The largest absolute Gasteiger partial charge is 0.327 e. The molecule has 1 saturated carbocycles. The van der Waals surface area contributed by atoms with E-state index < -0.39 is 15.4 Å². The topological polar surface area (TPSA) is 114 Å². The zero-order valence-electron chi connectivity index (χ0n) is 13.7. The highest BCUT2D eigenvalue weighted by Crippen LogP contribution is 2.37. The van der Waals surface area contributed by atoms with Crippen molar-refractivity contribution in [1.29, 1.82) is 0 Å². The second kappa shape index (κ2) is 6.74. The molecule has 2 atom stereocenters. The monoisotopic (exact) mass is 380 g/mol. The van der Waals surface area contributed by atoms with Crippen LogP contribution in [0, 0.1) is 5.41 Å². The average molecular weight is 380 g/mol. The zero-order chi connectivity index (χ0) is 18.1. The molecule has 2 aromatic rings. The van der Waals surface area contributed by atoms with Crippen molar-refractivity contribution >= 4 is 38.1 Å². The number of thiazole rings is 1. The molecule has 1 aromatic carbocycles. The SMILES string of the molecule is C[C@]1(C(=O)Nc2cccc(S(=O)(=O)Nc3nccs3)c2)CCC[C@@H]1N. The number of sulfonamides is 1. The number of nitrogens with two attached hydrogens (primary N) is 1. The first-order valence-electron chi connectivity index (χ1n) is 7.91. The van der Waals surface area contributed by atoms with Gasteiger partial charge < -0.3 is 11.1 Å². The minimum absolute atomic E-state index is 0.0568. The van der Waals surface area contributed by atoms with Crippen molar-refractivity contribution < 1.29 is 13.2 Å². The normalized spacial score (nSPS) is 23.4. The van der Waals surface area contributed by atoms with E-state index in [-0.39, 0.29) is 16.8 Å². The predicted molar refractivity (Wildman–Crippen MR) is 97.9 cm³/mol. The fourth-order valence-corrected chi connectivity index (χ4v) is 4.77. The second-order valence-electron chi connectivity index (χ2n) is 6.34. The summed E-state index contributed by atoms with van der Waals surface area (Å²) >= 11 is 1.19. The number of nitrogens with zero attached hydrogens (tertiary/aromatic N) is 1. The summed E-state index contributed by atoms with van der Waals surface area (Å²) in [7, 11) is -3.76. The third-order valence-corrected chi connectivity index (χ3v) is 6.76. The number of nitrogens with one attached hydrogen (secondary N) is 2. The van der Waals surface area contributed by atoms with E-state index in [1.807, 2.05) is 6.92 Å². The first-order chi connectivity index (χ1) is 11.8. The van der Waals surface area contributed by atoms with Crippen LogP contribution in [0.5, 0.6) is 0 Å². The minimum Gasteiger partial charge on any atom is -0.327 e. The van der Waals surface area contributed by atoms with Gasteiger partial charge in [-0.05, 0) is 38.0 Å². The molecule has 1 aliphatic carbocycles. The lowest BCUT2D eigenvalue weighted by Gasteiger charge is -2.27. The maximum absolute atomic E-state index is 12.6. The van der Waals surface area contributed by atoms with Crippen LogP contribution in [0.25, 0.3) is 0 Å². The van der Waals surface area contributed by atoms with Gasteiger partial charge in [-0.25, -0.2) is 13.4 Å². The van der Waals surface area contributed by atoms with Crippen molar-refractivity contribution in [3.63, 3.8) is 0 Å². The Bertz CT molecular complexity index is 867. The first-order valence-corrected chi connectivity index (χ1v) is 10.3. The number of hydrogen-bond donors (Lipinski definition) is 3. The lowest BCUT2D eigenvalue weighted by molar-refractivity contribution is -0.125. The molecule has 0 saturated heterocycles. The molecule has 9 heteroatoms. The van der Waals surface area contributed by atoms with Gasteiger partial charge in [0.15, 0.2) is 5.13 Å². The summed E-state index contributed by atoms with van der Waals surface area (Å²) in [4.78, 5) is 16.6. The van der Waals surface area contributed by atoms with Crippen LogP contribution in [0.2, 0.25) is 0 Å². The summed E-state index contributed by atoms with van der Waals surface area (Å²) in [5.74, 6) is -0.181. The van der Waals surface area contributed by atoms with Gasteiger partial charge in [-0.1, -0.05) is 12.5 Å². The Morgan fingerprint density at radius 2 is 2.24 bits per heavy atom. The number of amides is 1. The third kappa shape index (κ3) is 3.68. The van der Waals surface area contributed by atoms with Gasteiger partial charge >= 0.3 is 0 Å². The molecule has 0 spiro atoms. The Morgan fingerprint density at radius 1 is 1.44 bits per heavy atom. The molecule has 4 N–H and O–H groups in total. The maximum Gasteiger partial charge on any atom is 0.263 e. The molecule has 1 amide bonds. The van der Waals surface area contributed by atoms with Crippen LogP contribution >= 0.6 is 11.3 Å². The standard InChI is InChI=1S/C16H20N4O3S2/c1-16(7-3-6-13(16)17)14(21)19-11-4-2-5-12(10-11)25(22,23)20-15-18-8-9-24-15/h2,4-5,8-10,13H,3,6-7,17H2,1H3,(H,18,20)(H,19,21)/t13-,16-/m0/s1. The quantitative estimate of drug-likeness (QED) is 0.737. The van der Waals surface area contributed by atoms with Crippen molar-refractivity contribution in [2.24, 2.45) is 11.1 Å². The van der Waals surface area contributed by atoms with Crippen molar-refractivity contribution in [2.45, 2.75) is 37.1 Å². The van der Waals surface area contributed by atoms with Crippen LogP contribution in [0.3, 0.4) is 0 Å². The van der Waals surface area contributed by atoms with E-state index in [9.17, 15) is 13.2 Å². The highest BCUT2D eigenvalue weighted by molar-refractivity contribution is 7.93. The van der Waals surface area contributed by atoms with E-state index in [4.69, 9.17) is 5.73 Å². The van der Waals surface area contributed by atoms with Crippen LogP contribution in [0.1, 0.15) is 26.2 Å². The van der Waals surface area contributed by atoms with Gasteiger partial charge in [-0.2, -0.15) is 0 Å². The Balaban J connectivity index is 1.79. The number of hydrogen-bond acceptors (Lipinski definition) is 6. The van der Waals surface area contributed by atoms with Crippen molar-refractivity contribution in [3.8, 4) is 0 Å². The van der Waals surface area contributed by atoms with Gasteiger partial charge in [-0.15, -0.1) is 11.3 Å². The Labute approximate surface area is 150 Å². The maximum atomic E-state index is 12.6. The van der Waals surface area contributed by atoms with Crippen LogP contribution < -0.4 is 15.8 Å². The molecule has 134 valence electrons. The van der Waals surface area contributed by atoms with Gasteiger partial charge in [0.05, 0.1) is 10.3 Å². The summed E-state index contributed by atoms with van der Waals surface area (Å²) in [6, 6.07) is 5.95. The molecular formula is C16H20N4O3S2. The molecule has 1 aliphatic rings. The van der Waals surface area contributed by atoms with E-state index in [1.165, 1.54) is 29.7 Å². The van der Waals surface area contributed by atoms with Crippen molar-refractivity contribution in [1.82, 2.24) is 4.98 Å². The van der Waals surface area contributed by atoms with Gasteiger partial charge in [0.1, 0.15) is 0 Å². The summed E-state index contributed by atoms with van der Waals surface area (Å²) in [5.41, 5.74) is 5.86. The lowest BCUT2D eigenvalue weighted by atomic mass is 9.84. The number of rotatable bonds is 5. The van der Waals surface area contributed by atoms with Crippen molar-refractivity contribution in [3.05, 3.63) is 35.8 Å². The minimum atomic E-state index is -3.76. The van der Waals surface area contributed by atoms with E-state index in [0.29, 0.717) is 10.8 Å². The van der Waals surface area contributed by atoms with Crippen LogP contribution in [-0.2, 0) is 14.8 Å². The molecular weight excluding hydrogens is 360 g/mol. The molecule has 25 heavy (non-hydrogen) atoms. The highest BCUT2D eigenvalue weighted by atomic mass is 32.2. The Hall–Kier alpha value is -1.97. The molecule has 0 aliphatic heterocycles. The number of carbonyl (C=O) groups is 1. The van der Waals surface area contributed by atoms with Gasteiger partial charge in [-0.3, -0.25) is 9.52 Å². The first kappa shape index (κ1) is 17.8. The second-order valence-corrected chi connectivity index (χ2v) is 8.92. The van der Waals surface area contributed by atoms with Gasteiger partial charge in [0.2, 0.25) is 5.91 Å². The van der Waals surface area contributed by atoms with E-state index in [1.54, 1.807) is 17.5 Å². The fraction of sp³-hybridized carbons (Fsp3) is 0.375. The zero-order valence-corrected chi connectivity index (χ0v) is 15.4. The lowest BCUT2D eigenvalue weighted by Crippen LogP contribution is -2.44. The summed E-state index contributed by atoms with van der Waals surface area (Å²) in [6.45, 7) is 1.85. The van der Waals surface area contributed by atoms with E-state index >= 15 is 0 Å². The summed E-state index contributed by atoms with van der Waals surface area (Å²) in [5, 5.41) is 4.77. The molecule has 7 nitrogen and oxygen atoms in total. The average Bonchev–Trinajstić information content (AvgIpc) is 3.18. The molecule has 3 rings (SSSR count). The molecule has 0 unspecified atom stereocenters. The summed E-state index contributed by atoms with van der Waals surface area (Å²) in [6.07, 6.45) is 3.97. The smallest absolute Gasteiger partial charge is 0.263 e. The Morgan fingerprint density at radius 3 is 2.88 bits per heavy atom. The Kier molecular flexibility index (Phi) is 4.81. The molecule has 1 heterocycles. The number of benzene rings is 1.